The van der Waals surface area contributed by atoms with E-state index in [4.69, 9.17) is 0 Å². The van der Waals surface area contributed by atoms with Crippen LogP contribution < -0.4 is 0 Å². The molecule has 126 valence electrons. The van der Waals surface area contributed by atoms with Crippen molar-refractivity contribution in [3.05, 3.63) is 48.2 Å². The standard InChI is InChI=1S/C19H28N2O2/c1-14(2)19(4,23)12-9-13-21-17(15(3)20(5)18(21)22)16-10-7-6-8-11-16/h6-11,13-15,17,23H,12H2,1-5H3/b13-9-/t15-,17-,19+/m0/s1. The van der Waals surface area contributed by atoms with Crippen molar-refractivity contribution in [1.82, 2.24) is 9.80 Å². The van der Waals surface area contributed by atoms with Crippen molar-refractivity contribution in [1.29, 1.82) is 0 Å². The smallest absolute Gasteiger partial charge is 0.324 e. The van der Waals surface area contributed by atoms with Crippen LogP contribution in [0.2, 0.25) is 0 Å². The number of urea groups is 1. The molecule has 1 N–H and O–H groups in total. The highest BCUT2D eigenvalue weighted by atomic mass is 16.3. The summed E-state index contributed by atoms with van der Waals surface area (Å²) in [5.74, 6) is 0.160. The first kappa shape index (κ1) is 17.5. The lowest BCUT2D eigenvalue weighted by Gasteiger charge is -2.27. The summed E-state index contributed by atoms with van der Waals surface area (Å²) in [4.78, 5) is 16.1. The van der Waals surface area contributed by atoms with E-state index in [1.807, 2.05) is 58.3 Å². The third kappa shape index (κ3) is 3.58. The van der Waals surface area contributed by atoms with Gasteiger partial charge in [0, 0.05) is 13.2 Å². The highest BCUT2D eigenvalue weighted by Gasteiger charge is 2.41. The molecule has 1 aliphatic heterocycles. The number of nitrogens with zero attached hydrogens (tertiary/aromatic N) is 2. The van der Waals surface area contributed by atoms with Crippen LogP contribution in [0.1, 0.15) is 45.7 Å². The molecule has 4 nitrogen and oxygen atoms in total. The maximum absolute atomic E-state index is 12.5. The molecule has 3 atom stereocenters. The van der Waals surface area contributed by atoms with Gasteiger partial charge in [0.2, 0.25) is 0 Å². The first-order chi connectivity index (χ1) is 10.8. The van der Waals surface area contributed by atoms with E-state index < -0.39 is 5.60 Å². The van der Waals surface area contributed by atoms with Gasteiger partial charge in [0.1, 0.15) is 0 Å². The molecule has 2 rings (SSSR count). The van der Waals surface area contributed by atoms with Gasteiger partial charge in [0.15, 0.2) is 0 Å². The molecule has 1 saturated heterocycles. The maximum Gasteiger partial charge on any atom is 0.324 e. The first-order valence-corrected chi connectivity index (χ1v) is 8.25. The normalized spacial score (nSPS) is 24.7. The molecule has 1 heterocycles. The zero-order valence-corrected chi connectivity index (χ0v) is 14.7. The number of carbonyl (C=O) groups is 1. The largest absolute Gasteiger partial charge is 0.390 e. The summed E-state index contributed by atoms with van der Waals surface area (Å²) in [5.41, 5.74) is 0.358. The van der Waals surface area contributed by atoms with Gasteiger partial charge >= 0.3 is 6.03 Å². The van der Waals surface area contributed by atoms with Gasteiger partial charge < -0.3 is 10.0 Å². The Hall–Kier alpha value is -1.81. The Kier molecular flexibility index (Phi) is 5.15. The summed E-state index contributed by atoms with van der Waals surface area (Å²) in [6.07, 6.45) is 4.25. The van der Waals surface area contributed by atoms with E-state index in [1.165, 1.54) is 0 Å². The van der Waals surface area contributed by atoms with E-state index in [1.54, 1.807) is 9.80 Å². The molecular formula is C19H28N2O2. The summed E-state index contributed by atoms with van der Waals surface area (Å²) >= 11 is 0. The monoisotopic (exact) mass is 316 g/mol. The van der Waals surface area contributed by atoms with Crippen LogP contribution in [0.15, 0.2) is 42.6 Å². The van der Waals surface area contributed by atoms with Gasteiger partial charge in [-0.05, 0) is 31.7 Å². The van der Waals surface area contributed by atoms with Gasteiger partial charge in [-0.25, -0.2) is 4.79 Å². The van der Waals surface area contributed by atoms with Crippen molar-refractivity contribution in [2.75, 3.05) is 7.05 Å². The Morgan fingerprint density at radius 1 is 1.30 bits per heavy atom. The number of carbonyl (C=O) groups excluding carboxylic acids is 1. The second-order valence-electron chi connectivity index (χ2n) is 7.00. The van der Waals surface area contributed by atoms with Crippen molar-refractivity contribution in [3.63, 3.8) is 0 Å². The van der Waals surface area contributed by atoms with Gasteiger partial charge in [-0.15, -0.1) is 0 Å². The zero-order chi connectivity index (χ0) is 17.2. The Morgan fingerprint density at radius 2 is 1.91 bits per heavy atom. The first-order valence-electron chi connectivity index (χ1n) is 8.25. The number of likely N-dealkylation sites (N-methyl/N-ethyl adjacent to an activating group) is 1. The minimum atomic E-state index is -0.765. The van der Waals surface area contributed by atoms with Gasteiger partial charge in [0.25, 0.3) is 0 Å². The second kappa shape index (κ2) is 6.75. The van der Waals surface area contributed by atoms with Crippen molar-refractivity contribution in [2.24, 2.45) is 5.92 Å². The van der Waals surface area contributed by atoms with Crippen molar-refractivity contribution >= 4 is 6.03 Å². The van der Waals surface area contributed by atoms with Crippen molar-refractivity contribution in [2.45, 2.75) is 51.8 Å². The second-order valence-corrected chi connectivity index (χ2v) is 7.00. The van der Waals surface area contributed by atoms with E-state index in [2.05, 4.69) is 19.1 Å². The third-order valence-corrected chi connectivity index (χ3v) is 5.07. The molecule has 1 aromatic carbocycles. The molecule has 0 aliphatic carbocycles. The van der Waals surface area contributed by atoms with E-state index in [9.17, 15) is 9.90 Å². The van der Waals surface area contributed by atoms with Gasteiger partial charge in [0.05, 0.1) is 17.7 Å². The molecule has 1 aliphatic rings. The van der Waals surface area contributed by atoms with Crippen LogP contribution in [0, 0.1) is 5.92 Å². The minimum absolute atomic E-state index is 0.00560. The number of amides is 2. The fourth-order valence-electron chi connectivity index (χ4n) is 2.81. The van der Waals surface area contributed by atoms with Gasteiger partial charge in [-0.3, -0.25) is 4.90 Å². The van der Waals surface area contributed by atoms with Crippen LogP contribution in [0.4, 0.5) is 4.79 Å². The third-order valence-electron chi connectivity index (χ3n) is 5.07. The lowest BCUT2D eigenvalue weighted by atomic mass is 9.89. The molecule has 0 saturated carbocycles. The zero-order valence-electron chi connectivity index (χ0n) is 14.7. The van der Waals surface area contributed by atoms with Gasteiger partial charge in [-0.2, -0.15) is 0 Å². The molecule has 23 heavy (non-hydrogen) atoms. The SMILES string of the molecule is CC(C)[C@](C)(O)C/C=C\N1C(=O)N(C)[C@@H](C)[C@H]1c1ccccc1. The number of hydrogen-bond donors (Lipinski definition) is 1. The summed E-state index contributed by atoms with van der Waals surface area (Å²) in [6.45, 7) is 7.89. The summed E-state index contributed by atoms with van der Waals surface area (Å²) < 4.78 is 0. The van der Waals surface area contributed by atoms with Crippen LogP contribution >= 0.6 is 0 Å². The minimum Gasteiger partial charge on any atom is -0.390 e. The molecule has 4 heteroatoms. The molecule has 0 bridgehead atoms. The number of rotatable bonds is 5. The number of benzene rings is 1. The Labute approximate surface area is 139 Å². The summed E-state index contributed by atoms with van der Waals surface area (Å²) in [6, 6.07) is 10.2. The molecule has 1 aromatic rings. The van der Waals surface area contributed by atoms with E-state index >= 15 is 0 Å². The topological polar surface area (TPSA) is 43.8 Å². The highest BCUT2D eigenvalue weighted by Crippen LogP contribution is 2.34. The molecule has 0 radical (unpaired) electrons. The molecule has 0 unspecified atom stereocenters. The van der Waals surface area contributed by atoms with Gasteiger partial charge in [-0.1, -0.05) is 50.3 Å². The highest BCUT2D eigenvalue weighted by molar-refractivity contribution is 5.79. The van der Waals surface area contributed by atoms with Crippen LogP contribution in [0.5, 0.6) is 0 Å². The Morgan fingerprint density at radius 3 is 2.48 bits per heavy atom. The predicted molar refractivity (Wildman–Crippen MR) is 92.9 cm³/mol. The lowest BCUT2D eigenvalue weighted by molar-refractivity contribution is 0.0163. The number of aliphatic hydroxyl groups is 1. The molecule has 0 spiro atoms. The number of hydrogen-bond acceptors (Lipinski definition) is 2. The molecule has 0 aromatic heterocycles. The van der Waals surface area contributed by atoms with Crippen molar-refractivity contribution in [3.8, 4) is 0 Å². The Bertz CT molecular complexity index is 566. The molecular weight excluding hydrogens is 288 g/mol. The predicted octanol–water partition coefficient (Wildman–Crippen LogP) is 3.79. The van der Waals surface area contributed by atoms with E-state index in [0.29, 0.717) is 6.42 Å². The van der Waals surface area contributed by atoms with Crippen LogP contribution in [-0.2, 0) is 0 Å². The molecule has 1 fully saturated rings. The summed E-state index contributed by atoms with van der Waals surface area (Å²) in [5, 5.41) is 10.4. The fraction of sp³-hybridized carbons (Fsp3) is 0.526. The average Bonchev–Trinajstić information content (AvgIpc) is 2.72. The maximum atomic E-state index is 12.5. The van der Waals surface area contributed by atoms with Crippen LogP contribution in [0.3, 0.4) is 0 Å². The van der Waals surface area contributed by atoms with E-state index in [-0.39, 0.29) is 24.0 Å². The fourth-order valence-corrected chi connectivity index (χ4v) is 2.81. The van der Waals surface area contributed by atoms with Crippen LogP contribution in [-0.4, -0.2) is 39.6 Å². The lowest BCUT2D eigenvalue weighted by Crippen LogP contribution is -2.30. The average molecular weight is 316 g/mol. The summed E-state index contributed by atoms with van der Waals surface area (Å²) in [7, 11) is 1.83. The van der Waals surface area contributed by atoms with Crippen LogP contribution in [0.25, 0.3) is 0 Å². The quantitative estimate of drug-likeness (QED) is 0.898. The van der Waals surface area contributed by atoms with E-state index in [0.717, 1.165) is 5.56 Å². The van der Waals surface area contributed by atoms with Crippen molar-refractivity contribution < 1.29 is 9.90 Å². The molecule has 2 amide bonds. The Balaban J connectivity index is 2.22.